The van der Waals surface area contributed by atoms with Crippen LogP contribution in [0.1, 0.15) is 13.3 Å². The molecule has 0 bridgehead atoms. The number of anilines is 2. The largest absolute Gasteiger partial charge is 0.492 e. The quantitative estimate of drug-likeness (QED) is 0.820. The molecule has 0 saturated carbocycles. The molecular weight excluding hydrogens is 375 g/mol. The monoisotopic (exact) mass is 392 g/mol. The molecule has 2 aromatic carbocycles. The lowest BCUT2D eigenvalue weighted by Crippen LogP contribution is -2.28. The normalized spacial score (nSPS) is 16.7. The standard InChI is InChI=1S/C19H18Cl2N2O3/c1-2-26-17-6-4-3-5-16(17)23-11-12(9-18(23)24)19(25)22-15-10-13(20)7-8-14(15)21/h3-8,10,12H,2,9,11H2,1H3,(H,22,25)/t12-/m1/s1. The van der Waals surface area contributed by atoms with Crippen molar-refractivity contribution in [1.29, 1.82) is 0 Å². The molecule has 1 saturated heterocycles. The van der Waals surface area contributed by atoms with Crippen molar-refractivity contribution in [1.82, 2.24) is 0 Å². The molecule has 0 aliphatic carbocycles. The summed E-state index contributed by atoms with van der Waals surface area (Å²) in [6, 6.07) is 12.2. The van der Waals surface area contributed by atoms with Gasteiger partial charge in [0.05, 0.1) is 28.9 Å². The van der Waals surface area contributed by atoms with Gasteiger partial charge < -0.3 is 15.0 Å². The third kappa shape index (κ3) is 3.94. The summed E-state index contributed by atoms with van der Waals surface area (Å²) in [5.41, 5.74) is 1.11. The van der Waals surface area contributed by atoms with Crippen molar-refractivity contribution < 1.29 is 14.3 Å². The van der Waals surface area contributed by atoms with E-state index in [1.165, 1.54) is 0 Å². The maximum Gasteiger partial charge on any atom is 0.229 e. The number of rotatable bonds is 5. The molecular formula is C19H18Cl2N2O3. The number of halogens is 2. The number of carbonyl (C=O) groups excluding carboxylic acids is 2. The van der Waals surface area contributed by atoms with E-state index in [0.29, 0.717) is 33.8 Å². The van der Waals surface area contributed by atoms with E-state index in [1.807, 2.05) is 31.2 Å². The molecule has 1 fully saturated rings. The van der Waals surface area contributed by atoms with E-state index < -0.39 is 5.92 Å². The zero-order valence-electron chi connectivity index (χ0n) is 14.2. The number of nitrogens with one attached hydrogen (secondary N) is 1. The molecule has 1 aliphatic heterocycles. The zero-order chi connectivity index (χ0) is 18.7. The van der Waals surface area contributed by atoms with E-state index in [1.54, 1.807) is 23.1 Å². The average molecular weight is 393 g/mol. The van der Waals surface area contributed by atoms with Gasteiger partial charge in [0.25, 0.3) is 0 Å². The summed E-state index contributed by atoms with van der Waals surface area (Å²) in [4.78, 5) is 26.6. The molecule has 3 rings (SSSR count). The lowest BCUT2D eigenvalue weighted by Gasteiger charge is -2.20. The molecule has 1 heterocycles. The van der Waals surface area contributed by atoms with Crippen LogP contribution >= 0.6 is 23.2 Å². The lowest BCUT2D eigenvalue weighted by atomic mass is 10.1. The fourth-order valence-corrected chi connectivity index (χ4v) is 3.24. The van der Waals surface area contributed by atoms with Crippen molar-refractivity contribution in [3.05, 3.63) is 52.5 Å². The molecule has 26 heavy (non-hydrogen) atoms. The number of hydrogen-bond donors (Lipinski definition) is 1. The minimum Gasteiger partial charge on any atom is -0.492 e. The third-order valence-electron chi connectivity index (χ3n) is 4.14. The Hall–Kier alpha value is -2.24. The Balaban J connectivity index is 1.75. The number of hydrogen-bond acceptors (Lipinski definition) is 3. The van der Waals surface area contributed by atoms with Crippen LogP contribution in [0.15, 0.2) is 42.5 Å². The molecule has 1 atom stereocenters. The van der Waals surface area contributed by atoms with Crippen LogP contribution in [-0.2, 0) is 9.59 Å². The number of nitrogens with zero attached hydrogens (tertiary/aromatic N) is 1. The van der Waals surface area contributed by atoms with E-state index in [-0.39, 0.29) is 24.8 Å². The summed E-state index contributed by atoms with van der Waals surface area (Å²) in [5.74, 6) is -0.233. The van der Waals surface area contributed by atoms with Gasteiger partial charge >= 0.3 is 0 Å². The summed E-state index contributed by atoms with van der Waals surface area (Å²) in [5, 5.41) is 3.63. The number of benzene rings is 2. The molecule has 5 nitrogen and oxygen atoms in total. The first-order valence-electron chi connectivity index (χ1n) is 8.27. The van der Waals surface area contributed by atoms with Crippen molar-refractivity contribution in [3.8, 4) is 5.75 Å². The van der Waals surface area contributed by atoms with Crippen molar-refractivity contribution in [2.45, 2.75) is 13.3 Å². The van der Waals surface area contributed by atoms with Crippen LogP contribution in [0.3, 0.4) is 0 Å². The highest BCUT2D eigenvalue weighted by molar-refractivity contribution is 6.35. The number of amides is 2. The zero-order valence-corrected chi connectivity index (χ0v) is 15.7. The molecule has 1 N–H and O–H groups in total. The Morgan fingerprint density at radius 1 is 1.27 bits per heavy atom. The summed E-state index contributed by atoms with van der Waals surface area (Å²) in [7, 11) is 0. The van der Waals surface area contributed by atoms with E-state index in [0.717, 1.165) is 0 Å². The van der Waals surface area contributed by atoms with E-state index in [4.69, 9.17) is 27.9 Å². The molecule has 7 heteroatoms. The molecule has 2 amide bonds. The minimum absolute atomic E-state index is 0.116. The Morgan fingerprint density at radius 3 is 2.81 bits per heavy atom. The van der Waals surface area contributed by atoms with Crippen molar-refractivity contribution >= 4 is 46.4 Å². The first kappa shape index (κ1) is 18.5. The first-order chi connectivity index (χ1) is 12.5. The SMILES string of the molecule is CCOc1ccccc1N1C[C@H](C(=O)Nc2cc(Cl)ccc2Cl)CC1=O. The maximum atomic E-state index is 12.6. The van der Waals surface area contributed by atoms with Crippen LogP contribution in [0.5, 0.6) is 5.75 Å². The van der Waals surface area contributed by atoms with Crippen LogP contribution in [0.25, 0.3) is 0 Å². The van der Waals surface area contributed by atoms with E-state index in [2.05, 4.69) is 5.32 Å². The van der Waals surface area contributed by atoms with Gasteiger partial charge in [-0.3, -0.25) is 9.59 Å². The topological polar surface area (TPSA) is 58.6 Å². The fourth-order valence-electron chi connectivity index (χ4n) is 2.90. The van der Waals surface area contributed by atoms with Gasteiger partial charge in [0, 0.05) is 18.0 Å². The number of carbonyl (C=O) groups is 2. The van der Waals surface area contributed by atoms with Crippen LogP contribution < -0.4 is 15.0 Å². The van der Waals surface area contributed by atoms with Crippen LogP contribution in [0.2, 0.25) is 10.0 Å². The van der Waals surface area contributed by atoms with E-state index in [9.17, 15) is 9.59 Å². The molecule has 0 radical (unpaired) electrons. The predicted molar refractivity (Wildman–Crippen MR) is 103 cm³/mol. The lowest BCUT2D eigenvalue weighted by molar-refractivity contribution is -0.122. The van der Waals surface area contributed by atoms with Crippen LogP contribution in [0.4, 0.5) is 11.4 Å². The highest BCUT2D eigenvalue weighted by Crippen LogP contribution is 2.34. The second kappa shape index (κ2) is 7.98. The Labute approximate surface area is 161 Å². The molecule has 2 aromatic rings. The predicted octanol–water partition coefficient (Wildman–Crippen LogP) is 4.38. The van der Waals surface area contributed by atoms with Crippen molar-refractivity contribution in [2.24, 2.45) is 5.92 Å². The van der Waals surface area contributed by atoms with Gasteiger partial charge in [-0.1, -0.05) is 35.3 Å². The third-order valence-corrected chi connectivity index (χ3v) is 4.70. The number of ether oxygens (including phenoxy) is 1. The molecule has 136 valence electrons. The maximum absolute atomic E-state index is 12.6. The van der Waals surface area contributed by atoms with Gasteiger partial charge in [-0.25, -0.2) is 0 Å². The summed E-state index contributed by atoms with van der Waals surface area (Å²) in [6.45, 7) is 2.66. The highest BCUT2D eigenvalue weighted by Gasteiger charge is 2.36. The van der Waals surface area contributed by atoms with Gasteiger partial charge in [0.15, 0.2) is 0 Å². The smallest absolute Gasteiger partial charge is 0.229 e. The van der Waals surface area contributed by atoms with Gasteiger partial charge in [-0.15, -0.1) is 0 Å². The van der Waals surface area contributed by atoms with Crippen molar-refractivity contribution in [2.75, 3.05) is 23.4 Å². The summed E-state index contributed by atoms with van der Waals surface area (Å²) >= 11 is 12.0. The Bertz CT molecular complexity index is 841. The minimum atomic E-state index is -0.479. The first-order valence-corrected chi connectivity index (χ1v) is 9.03. The molecule has 0 unspecified atom stereocenters. The van der Waals surface area contributed by atoms with E-state index >= 15 is 0 Å². The van der Waals surface area contributed by atoms with Crippen molar-refractivity contribution in [3.63, 3.8) is 0 Å². The van der Waals surface area contributed by atoms with Crippen LogP contribution in [-0.4, -0.2) is 25.0 Å². The van der Waals surface area contributed by atoms with Gasteiger partial charge in [0.1, 0.15) is 5.75 Å². The van der Waals surface area contributed by atoms with Gasteiger partial charge in [0.2, 0.25) is 11.8 Å². The Morgan fingerprint density at radius 2 is 2.04 bits per heavy atom. The Kier molecular flexibility index (Phi) is 5.69. The molecule has 0 spiro atoms. The molecule has 0 aromatic heterocycles. The summed E-state index contributed by atoms with van der Waals surface area (Å²) in [6.07, 6.45) is 0.129. The van der Waals surface area contributed by atoms with Gasteiger partial charge in [-0.05, 0) is 37.3 Å². The highest BCUT2D eigenvalue weighted by atomic mass is 35.5. The van der Waals surface area contributed by atoms with Crippen LogP contribution in [0, 0.1) is 5.92 Å². The fraction of sp³-hybridized carbons (Fsp3) is 0.263. The molecule has 1 aliphatic rings. The second-order valence-corrected chi connectivity index (χ2v) is 6.76. The number of para-hydroxylation sites is 2. The second-order valence-electron chi connectivity index (χ2n) is 5.92. The van der Waals surface area contributed by atoms with Gasteiger partial charge in [-0.2, -0.15) is 0 Å². The summed E-state index contributed by atoms with van der Waals surface area (Å²) < 4.78 is 5.59. The average Bonchev–Trinajstić information content (AvgIpc) is 3.01.